The Balaban J connectivity index is 1.76. The Hall–Kier alpha value is -5.24. The van der Waals surface area contributed by atoms with E-state index >= 15 is 0 Å². The summed E-state index contributed by atoms with van der Waals surface area (Å²) in [6.45, 7) is 0. The molecule has 4 amide bonds. The highest BCUT2D eigenvalue weighted by Gasteiger charge is 2.31. The van der Waals surface area contributed by atoms with Gasteiger partial charge in [-0.05, 0) is 36.1 Å². The van der Waals surface area contributed by atoms with Crippen LogP contribution in [0.1, 0.15) is 29.7 Å². The van der Waals surface area contributed by atoms with Crippen LogP contribution in [0.3, 0.4) is 0 Å². The van der Waals surface area contributed by atoms with Gasteiger partial charge in [0.25, 0.3) is 0 Å². The number of nitrogens with two attached hydrogens (primary N) is 2. The first-order valence-electron chi connectivity index (χ1n) is 13.5. The zero-order valence-electron chi connectivity index (χ0n) is 23.2. The molecule has 2 aromatic carbocycles. The second kappa shape index (κ2) is 15.7. The number of nitrogens with one attached hydrogen (secondary N) is 4. The summed E-state index contributed by atoms with van der Waals surface area (Å²) in [5, 5.41) is 26.8. The second-order valence-electron chi connectivity index (χ2n) is 9.97. The van der Waals surface area contributed by atoms with Gasteiger partial charge in [0, 0.05) is 31.2 Å². The molecule has 0 radical (unpaired) electrons. The first-order valence-corrected chi connectivity index (χ1v) is 13.5. The molecule has 10 N–H and O–H groups in total. The number of imidazole rings is 1. The molecule has 0 spiro atoms. The Morgan fingerprint density at radius 1 is 0.791 bits per heavy atom. The Kier molecular flexibility index (Phi) is 11.8. The average Bonchev–Trinajstić information content (AvgIpc) is 3.49. The Labute approximate surface area is 247 Å². The van der Waals surface area contributed by atoms with Crippen molar-refractivity contribution in [3.05, 3.63) is 83.9 Å². The summed E-state index contributed by atoms with van der Waals surface area (Å²) in [6.07, 6.45) is 2.43. The minimum atomic E-state index is -1.33. The summed E-state index contributed by atoms with van der Waals surface area (Å²) in [5.74, 6) is -4.19. The Morgan fingerprint density at radius 3 is 2.00 bits per heavy atom. The number of aromatic hydroxyl groups is 1. The van der Waals surface area contributed by atoms with E-state index in [1.165, 1.54) is 24.7 Å². The predicted octanol–water partition coefficient (Wildman–Crippen LogP) is -0.725. The highest BCUT2D eigenvalue weighted by atomic mass is 16.4. The standard InChI is InChI=1S/C29H35N7O7/c30-21(12-18-6-8-20(37)9-7-18)26(39)34-22(10-11-25(31)38)27(40)35-23(13-17-4-2-1-3-5-17)28(41)36-24(29(42)43)14-19-15-32-16-33-19/h1-9,15-16,21-24,37H,10-14,30H2,(H2,31,38)(H,32,33)(H,34,39)(H,35,40)(H,36,41)(H,42,43). The second-order valence-corrected chi connectivity index (χ2v) is 9.97. The molecule has 1 heterocycles. The number of carboxylic acid groups (broad SMARTS) is 1. The van der Waals surface area contributed by atoms with Crippen molar-refractivity contribution in [3.63, 3.8) is 0 Å². The molecule has 3 aromatic rings. The number of aliphatic carboxylic acids is 1. The third-order valence-corrected chi connectivity index (χ3v) is 6.55. The number of carbonyl (C=O) groups excluding carboxylic acids is 4. The van der Waals surface area contributed by atoms with E-state index in [9.17, 15) is 34.2 Å². The normalized spacial score (nSPS) is 13.6. The van der Waals surface area contributed by atoms with E-state index in [1.54, 1.807) is 42.5 Å². The van der Waals surface area contributed by atoms with Crippen LogP contribution in [0.5, 0.6) is 5.75 Å². The van der Waals surface area contributed by atoms with Crippen LogP contribution < -0.4 is 27.4 Å². The number of carbonyl (C=O) groups is 5. The predicted molar refractivity (Wildman–Crippen MR) is 154 cm³/mol. The van der Waals surface area contributed by atoms with Crippen LogP contribution in [-0.2, 0) is 43.2 Å². The van der Waals surface area contributed by atoms with Crippen molar-refractivity contribution >= 4 is 29.6 Å². The molecule has 0 bridgehead atoms. The molecule has 0 fully saturated rings. The summed E-state index contributed by atoms with van der Waals surface area (Å²) in [6, 6.07) is 9.92. The fourth-order valence-corrected chi connectivity index (χ4v) is 4.23. The zero-order chi connectivity index (χ0) is 31.4. The molecule has 3 rings (SSSR count). The molecular weight excluding hydrogens is 558 g/mol. The van der Waals surface area contributed by atoms with Crippen molar-refractivity contribution in [1.29, 1.82) is 0 Å². The van der Waals surface area contributed by atoms with Crippen molar-refractivity contribution in [2.75, 3.05) is 0 Å². The molecular formula is C29H35N7O7. The van der Waals surface area contributed by atoms with Gasteiger partial charge >= 0.3 is 5.97 Å². The molecule has 14 heteroatoms. The Morgan fingerprint density at radius 2 is 1.40 bits per heavy atom. The third kappa shape index (κ3) is 10.6. The number of hydrogen-bond acceptors (Lipinski definition) is 8. The van der Waals surface area contributed by atoms with Crippen LogP contribution in [0.25, 0.3) is 0 Å². The van der Waals surface area contributed by atoms with Gasteiger partial charge in [0.2, 0.25) is 23.6 Å². The number of aromatic nitrogens is 2. The van der Waals surface area contributed by atoms with E-state index < -0.39 is 53.8 Å². The number of aromatic amines is 1. The summed E-state index contributed by atoms with van der Waals surface area (Å²) in [4.78, 5) is 69.8. The molecule has 0 saturated heterocycles. The van der Waals surface area contributed by atoms with Gasteiger partial charge in [-0.25, -0.2) is 9.78 Å². The fraction of sp³-hybridized carbons (Fsp3) is 0.310. The van der Waals surface area contributed by atoms with Crippen LogP contribution >= 0.6 is 0 Å². The first-order chi connectivity index (χ1) is 20.5. The topological polar surface area (TPSA) is 243 Å². The van der Waals surface area contributed by atoms with E-state index in [0.29, 0.717) is 16.8 Å². The fourth-order valence-electron chi connectivity index (χ4n) is 4.23. The van der Waals surface area contributed by atoms with Crippen LogP contribution in [-0.4, -0.2) is 73.9 Å². The van der Waals surface area contributed by atoms with E-state index in [2.05, 4.69) is 25.9 Å². The maximum absolute atomic E-state index is 13.4. The van der Waals surface area contributed by atoms with Gasteiger partial charge in [0.05, 0.1) is 12.4 Å². The molecule has 228 valence electrons. The lowest BCUT2D eigenvalue weighted by Gasteiger charge is -2.25. The largest absolute Gasteiger partial charge is 0.508 e. The maximum atomic E-state index is 13.4. The summed E-state index contributed by atoms with van der Waals surface area (Å²) < 4.78 is 0. The first kappa shape index (κ1) is 32.3. The van der Waals surface area contributed by atoms with Crippen LogP contribution in [0.4, 0.5) is 0 Å². The quantitative estimate of drug-likeness (QED) is 0.104. The highest BCUT2D eigenvalue weighted by Crippen LogP contribution is 2.12. The van der Waals surface area contributed by atoms with Crippen LogP contribution in [0.15, 0.2) is 67.1 Å². The molecule has 14 nitrogen and oxygen atoms in total. The smallest absolute Gasteiger partial charge is 0.326 e. The number of phenolic OH excluding ortho intramolecular Hbond substituents is 1. The third-order valence-electron chi connectivity index (χ3n) is 6.55. The van der Waals surface area contributed by atoms with E-state index in [0.717, 1.165) is 0 Å². The monoisotopic (exact) mass is 593 g/mol. The average molecular weight is 594 g/mol. The van der Waals surface area contributed by atoms with Gasteiger partial charge in [0.1, 0.15) is 23.9 Å². The zero-order valence-corrected chi connectivity index (χ0v) is 23.2. The SMILES string of the molecule is NC(=O)CCC(NC(=O)C(N)Cc1ccc(O)cc1)C(=O)NC(Cc1ccccc1)C(=O)NC(Cc1cnc[nH]1)C(=O)O. The van der Waals surface area contributed by atoms with Crippen molar-refractivity contribution < 1.29 is 34.2 Å². The molecule has 0 aliphatic heterocycles. The lowest BCUT2D eigenvalue weighted by atomic mass is 10.0. The number of hydrogen-bond donors (Lipinski definition) is 8. The molecule has 43 heavy (non-hydrogen) atoms. The molecule has 0 saturated carbocycles. The molecule has 4 atom stereocenters. The lowest BCUT2D eigenvalue weighted by molar-refractivity contribution is -0.142. The van der Waals surface area contributed by atoms with Gasteiger partial charge in [-0.15, -0.1) is 0 Å². The van der Waals surface area contributed by atoms with Crippen molar-refractivity contribution in [1.82, 2.24) is 25.9 Å². The maximum Gasteiger partial charge on any atom is 0.326 e. The number of H-pyrrole nitrogens is 1. The molecule has 1 aromatic heterocycles. The van der Waals surface area contributed by atoms with Gasteiger partial charge in [0.15, 0.2) is 0 Å². The number of amides is 4. The van der Waals surface area contributed by atoms with Gasteiger partial charge < -0.3 is 42.6 Å². The Bertz CT molecular complexity index is 1380. The number of primary amides is 1. The number of nitrogens with zero attached hydrogens (tertiary/aromatic N) is 1. The number of phenols is 1. The van der Waals surface area contributed by atoms with Crippen molar-refractivity contribution in [2.24, 2.45) is 11.5 Å². The minimum Gasteiger partial charge on any atom is -0.508 e. The van der Waals surface area contributed by atoms with Gasteiger partial charge in [-0.2, -0.15) is 0 Å². The van der Waals surface area contributed by atoms with Crippen LogP contribution in [0.2, 0.25) is 0 Å². The summed E-state index contributed by atoms with van der Waals surface area (Å²) >= 11 is 0. The van der Waals surface area contributed by atoms with E-state index in [-0.39, 0.29) is 37.9 Å². The molecule has 0 aliphatic carbocycles. The highest BCUT2D eigenvalue weighted by molar-refractivity contribution is 5.94. The van der Waals surface area contributed by atoms with Crippen molar-refractivity contribution in [2.45, 2.75) is 56.3 Å². The van der Waals surface area contributed by atoms with Gasteiger partial charge in [-0.3, -0.25) is 19.2 Å². The number of carboxylic acids is 1. The summed E-state index contributed by atoms with van der Waals surface area (Å²) in [7, 11) is 0. The molecule has 4 unspecified atom stereocenters. The van der Waals surface area contributed by atoms with Gasteiger partial charge in [-0.1, -0.05) is 42.5 Å². The summed E-state index contributed by atoms with van der Waals surface area (Å²) in [5.41, 5.74) is 13.2. The van der Waals surface area contributed by atoms with Crippen LogP contribution in [0, 0.1) is 0 Å². The number of rotatable bonds is 16. The van der Waals surface area contributed by atoms with E-state index in [4.69, 9.17) is 11.5 Å². The lowest BCUT2D eigenvalue weighted by Crippen LogP contribution is -2.58. The van der Waals surface area contributed by atoms with E-state index in [1.807, 2.05) is 0 Å². The molecule has 0 aliphatic rings. The number of benzene rings is 2. The van der Waals surface area contributed by atoms with Crippen molar-refractivity contribution in [3.8, 4) is 5.75 Å². The minimum absolute atomic E-state index is 0.00562.